The molecule has 2 heterocycles. The van der Waals surface area contributed by atoms with Crippen LogP contribution in [-0.4, -0.2) is 40.1 Å². The van der Waals surface area contributed by atoms with Crippen molar-refractivity contribution in [3.05, 3.63) is 185 Å². The van der Waals surface area contributed by atoms with E-state index in [-0.39, 0.29) is 16.9 Å². The number of allylic oxidation sites excluding steroid dienone is 13. The molecule has 0 N–H and O–H groups in total. The van der Waals surface area contributed by atoms with Crippen molar-refractivity contribution < 1.29 is 9.47 Å². The topological polar surface area (TPSA) is 24.9 Å². The largest absolute Gasteiger partial charge is 0.489 e. The number of rotatable bonds is 10. The zero-order valence-electron chi connectivity index (χ0n) is 47.0. The van der Waals surface area contributed by atoms with Gasteiger partial charge in [-0.1, -0.05) is 142 Å². The maximum Gasteiger partial charge on any atom is 0.127 e. The highest BCUT2D eigenvalue weighted by Gasteiger charge is 2.67. The summed E-state index contributed by atoms with van der Waals surface area (Å²) in [4.78, 5) is 6.04. The van der Waals surface area contributed by atoms with Gasteiger partial charge < -0.3 is 19.3 Å². The SMILES string of the molecule is C=Cc1ccc(Oc2ccc(C3(C4CCCCC4)C4C=CCCC4C4(C)C=CC(N(C5C=CC6C7=C(C=CCC7)OC6C5)C5CCC6=C(C=CC(C7CCC8C(C7)C7CCCC=C7N8C7CC=CCC7)C6)C5)=CC43)cc2)cc1. The highest BCUT2D eigenvalue weighted by Crippen LogP contribution is 2.71. The molecule has 0 radical (unpaired) electrons. The van der Waals surface area contributed by atoms with Gasteiger partial charge in [0.2, 0.25) is 0 Å². The minimum absolute atomic E-state index is 0.0126. The second kappa shape index (κ2) is 20.4. The average molecular weight is 1040 g/mol. The highest BCUT2D eigenvalue weighted by atomic mass is 16.5. The Bertz CT molecular complexity index is 2950. The van der Waals surface area contributed by atoms with Crippen LogP contribution in [-0.2, 0) is 10.2 Å². The van der Waals surface area contributed by atoms with Crippen LogP contribution < -0.4 is 4.74 Å². The molecule has 4 heteroatoms. The Labute approximate surface area is 468 Å². The fourth-order valence-corrected chi connectivity index (χ4v) is 20.2. The smallest absolute Gasteiger partial charge is 0.127 e. The fraction of sp³-hybridized carbons (Fsp3) is 0.541. The Morgan fingerprint density at radius 2 is 1.60 bits per heavy atom. The number of hydrogen-bond acceptors (Lipinski definition) is 4. The van der Waals surface area contributed by atoms with E-state index in [0.29, 0.717) is 47.6 Å². The van der Waals surface area contributed by atoms with Gasteiger partial charge in [-0.05, 0) is 228 Å². The standard InChI is InChI=1S/C74H88N2O2/c1-3-49-26-36-60(37-27-49)77-61-38-32-55(33-39-61)74(54-16-6-4-7-17-54)67-23-13-12-22-66(67)73(2)43-42-59(48-72(73)74)75(58-35-40-64-63-21-11-15-25-70(63)78-71(64)47-58)57-34-30-51-44-50(28-29-52(51)45-57)53-31-41-69-65(46-53)62-20-10-14-24-68(62)76(69)56-18-8-5-9-19-56/h3,5,8,13,15,23-29,32-33,35-40,42-43,48,50,53-54,56-58,62,64-67,69,71-72H,1,4,6-7,9-12,14,16-22,30-31,34,41,44-47H2,2H3. The molecule has 11 aliphatic carbocycles. The Hall–Kier alpha value is -5.22. The monoisotopic (exact) mass is 1040 g/mol. The zero-order chi connectivity index (χ0) is 52.0. The summed E-state index contributed by atoms with van der Waals surface area (Å²) in [6, 6.07) is 20.2. The molecule has 0 bridgehead atoms. The van der Waals surface area contributed by atoms with Crippen LogP contribution >= 0.6 is 0 Å². The summed E-state index contributed by atoms with van der Waals surface area (Å²) >= 11 is 0. The first-order valence-electron chi connectivity index (χ1n) is 32.1. The molecule has 15 rings (SSSR count). The molecule has 1 saturated heterocycles. The van der Waals surface area contributed by atoms with E-state index in [1.54, 1.807) is 22.4 Å². The Morgan fingerprint density at radius 3 is 2.45 bits per heavy atom. The molecular formula is C74H88N2O2. The molecule has 13 aliphatic rings. The van der Waals surface area contributed by atoms with E-state index < -0.39 is 0 Å². The van der Waals surface area contributed by atoms with Crippen molar-refractivity contribution in [2.24, 2.45) is 58.7 Å². The van der Waals surface area contributed by atoms with Gasteiger partial charge in [0.1, 0.15) is 23.4 Å². The summed E-state index contributed by atoms with van der Waals surface area (Å²) in [5, 5.41) is 0. The average Bonchev–Trinajstić information content (AvgIpc) is 3.53. The first-order chi connectivity index (χ1) is 38.4. The highest BCUT2D eigenvalue weighted by molar-refractivity contribution is 5.50. The number of likely N-dealkylation sites (tertiary alicyclic amines) is 1. The quantitative estimate of drug-likeness (QED) is 0.221. The lowest BCUT2D eigenvalue weighted by molar-refractivity contribution is 0.0774. The fourth-order valence-electron chi connectivity index (χ4n) is 20.2. The normalized spacial score (nSPS) is 39.2. The van der Waals surface area contributed by atoms with Gasteiger partial charge in [0.05, 0.1) is 6.04 Å². The molecule has 0 amide bonds. The summed E-state index contributed by atoms with van der Waals surface area (Å²) < 4.78 is 13.5. The summed E-state index contributed by atoms with van der Waals surface area (Å²) in [5.41, 5.74) is 11.0. The molecule has 3 saturated carbocycles. The third-order valence-corrected chi connectivity index (χ3v) is 23.7. The number of fused-ring (bicyclic) bond motifs is 8. The van der Waals surface area contributed by atoms with E-state index in [4.69, 9.17) is 9.47 Å². The molecular weight excluding hydrogens is 949 g/mol. The Balaban J connectivity index is 0.752. The van der Waals surface area contributed by atoms with E-state index in [0.717, 1.165) is 72.6 Å². The van der Waals surface area contributed by atoms with Gasteiger partial charge in [0, 0.05) is 53.2 Å². The van der Waals surface area contributed by atoms with Crippen LogP contribution in [0.4, 0.5) is 0 Å². The van der Waals surface area contributed by atoms with Crippen LogP contribution in [0.15, 0.2) is 174 Å². The Kier molecular flexibility index (Phi) is 13.0. The Morgan fingerprint density at radius 1 is 0.744 bits per heavy atom. The van der Waals surface area contributed by atoms with Crippen LogP contribution in [0, 0.1) is 58.7 Å². The first-order valence-corrected chi connectivity index (χ1v) is 32.1. The predicted octanol–water partition coefficient (Wildman–Crippen LogP) is 18.2. The van der Waals surface area contributed by atoms with Gasteiger partial charge in [-0.25, -0.2) is 0 Å². The van der Waals surface area contributed by atoms with Crippen molar-refractivity contribution in [2.45, 2.75) is 190 Å². The molecule has 15 unspecified atom stereocenters. The van der Waals surface area contributed by atoms with Crippen LogP contribution in [0.5, 0.6) is 11.5 Å². The van der Waals surface area contributed by atoms with Gasteiger partial charge in [-0.2, -0.15) is 0 Å². The third kappa shape index (κ3) is 8.30. The maximum absolute atomic E-state index is 6.98. The van der Waals surface area contributed by atoms with Crippen LogP contribution in [0.1, 0.15) is 166 Å². The lowest BCUT2D eigenvalue weighted by Crippen LogP contribution is -2.49. The summed E-state index contributed by atoms with van der Waals surface area (Å²) in [6.45, 7) is 6.65. The van der Waals surface area contributed by atoms with Crippen molar-refractivity contribution in [3.63, 3.8) is 0 Å². The van der Waals surface area contributed by atoms with Crippen molar-refractivity contribution in [3.8, 4) is 11.5 Å². The van der Waals surface area contributed by atoms with Crippen LogP contribution in [0.25, 0.3) is 6.08 Å². The molecule has 0 spiro atoms. The molecule has 2 aromatic rings. The van der Waals surface area contributed by atoms with Crippen molar-refractivity contribution >= 4 is 6.08 Å². The minimum atomic E-state index is -0.0126. The summed E-state index contributed by atoms with van der Waals surface area (Å²) in [7, 11) is 0. The number of ether oxygens (including phenoxy) is 2. The van der Waals surface area contributed by atoms with E-state index in [1.807, 2.05) is 6.08 Å². The lowest BCUT2D eigenvalue weighted by atomic mass is 9.54. The third-order valence-electron chi connectivity index (χ3n) is 23.7. The van der Waals surface area contributed by atoms with Gasteiger partial charge in [-0.3, -0.25) is 0 Å². The second-order valence-electron chi connectivity index (χ2n) is 27.3. The zero-order valence-corrected chi connectivity index (χ0v) is 47.0. The van der Waals surface area contributed by atoms with Gasteiger partial charge in [0.25, 0.3) is 0 Å². The van der Waals surface area contributed by atoms with Gasteiger partial charge in [0.15, 0.2) is 0 Å². The maximum atomic E-state index is 6.98. The molecule has 0 aromatic heterocycles. The lowest BCUT2D eigenvalue weighted by Gasteiger charge is -2.51. The van der Waals surface area contributed by atoms with Crippen molar-refractivity contribution in [2.75, 3.05) is 0 Å². The van der Waals surface area contributed by atoms with E-state index in [2.05, 4.69) is 157 Å². The van der Waals surface area contributed by atoms with Gasteiger partial charge >= 0.3 is 0 Å². The number of hydrogen-bond donors (Lipinski definition) is 0. The molecule has 2 aromatic carbocycles. The van der Waals surface area contributed by atoms with E-state index in [1.165, 1.54) is 139 Å². The molecule has 4 fully saturated rings. The van der Waals surface area contributed by atoms with E-state index >= 15 is 0 Å². The van der Waals surface area contributed by atoms with Crippen molar-refractivity contribution in [1.29, 1.82) is 0 Å². The number of nitrogens with zero attached hydrogens (tertiary/aromatic N) is 2. The first kappa shape index (κ1) is 49.8. The van der Waals surface area contributed by atoms with E-state index in [9.17, 15) is 0 Å². The molecule has 4 nitrogen and oxygen atoms in total. The molecule has 15 atom stereocenters. The minimum Gasteiger partial charge on any atom is -0.489 e. The summed E-state index contributed by atoms with van der Waals surface area (Å²) in [6.07, 6.45) is 68.3. The molecule has 2 aliphatic heterocycles. The number of benzene rings is 2. The second-order valence-corrected chi connectivity index (χ2v) is 27.3. The predicted molar refractivity (Wildman–Crippen MR) is 319 cm³/mol. The van der Waals surface area contributed by atoms with Crippen molar-refractivity contribution in [1.82, 2.24) is 9.80 Å². The molecule has 406 valence electrons. The van der Waals surface area contributed by atoms with Gasteiger partial charge in [-0.15, -0.1) is 0 Å². The van der Waals surface area contributed by atoms with Crippen LogP contribution in [0.2, 0.25) is 0 Å². The summed E-state index contributed by atoms with van der Waals surface area (Å²) in [5.74, 6) is 8.65. The van der Waals surface area contributed by atoms with Crippen LogP contribution in [0.3, 0.4) is 0 Å². The molecule has 78 heavy (non-hydrogen) atoms.